The molecule has 0 aliphatic carbocycles. The van der Waals surface area contributed by atoms with Gasteiger partial charge in [0.2, 0.25) is 0 Å². The Bertz CT molecular complexity index is 489. The lowest BCUT2D eigenvalue weighted by molar-refractivity contribution is -0.186. The smallest absolute Gasteiger partial charge is 0.411 e. The van der Waals surface area contributed by atoms with Crippen molar-refractivity contribution in [2.75, 3.05) is 27.1 Å². The van der Waals surface area contributed by atoms with E-state index in [1.807, 2.05) is 0 Å². The second kappa shape index (κ2) is 7.62. The fraction of sp³-hybridized carbons (Fsp3) is 0.385. The van der Waals surface area contributed by atoms with Gasteiger partial charge >= 0.3 is 6.18 Å². The average molecular weight is 290 g/mol. The molecule has 0 saturated heterocycles. The van der Waals surface area contributed by atoms with E-state index < -0.39 is 19.6 Å². The van der Waals surface area contributed by atoms with Crippen LogP contribution in [0.1, 0.15) is 5.56 Å². The summed E-state index contributed by atoms with van der Waals surface area (Å²) in [4.78, 5) is 0. The summed E-state index contributed by atoms with van der Waals surface area (Å²) in [6.45, 7) is -2.29. The van der Waals surface area contributed by atoms with Crippen molar-refractivity contribution in [2.24, 2.45) is 0 Å². The van der Waals surface area contributed by atoms with Gasteiger partial charge in [-0.2, -0.15) is 13.2 Å². The maximum absolute atomic E-state index is 11.9. The van der Waals surface area contributed by atoms with Crippen LogP contribution in [-0.4, -0.2) is 38.4 Å². The van der Waals surface area contributed by atoms with Crippen LogP contribution in [0.5, 0.6) is 11.5 Å². The van der Waals surface area contributed by atoms with Crippen molar-refractivity contribution < 1.29 is 32.5 Å². The summed E-state index contributed by atoms with van der Waals surface area (Å²) in [7, 11) is 1.46. The summed E-state index contributed by atoms with van der Waals surface area (Å²) in [5.41, 5.74) is 0.383. The molecule has 0 aromatic heterocycles. The third-order valence-electron chi connectivity index (χ3n) is 2.05. The van der Waals surface area contributed by atoms with E-state index in [1.54, 1.807) is 12.1 Å². The topological polar surface area (TPSA) is 47.9 Å². The van der Waals surface area contributed by atoms with E-state index in [1.165, 1.54) is 13.2 Å². The molecule has 1 aromatic carbocycles. The van der Waals surface area contributed by atoms with Crippen molar-refractivity contribution in [3.05, 3.63) is 23.8 Å². The molecular formula is C13H13F3O4. The molecule has 7 heteroatoms. The highest BCUT2D eigenvalue weighted by molar-refractivity contribution is 5.50. The molecule has 0 fully saturated rings. The highest BCUT2D eigenvalue weighted by Gasteiger charge is 2.27. The lowest BCUT2D eigenvalue weighted by Crippen LogP contribution is -2.19. The third kappa shape index (κ3) is 5.82. The number of methoxy groups -OCH3 is 1. The maximum atomic E-state index is 11.9. The van der Waals surface area contributed by atoms with E-state index in [0.717, 1.165) is 0 Å². The maximum Gasteiger partial charge on any atom is 0.411 e. The molecule has 0 heterocycles. The van der Waals surface area contributed by atoms with Crippen LogP contribution in [0.4, 0.5) is 13.2 Å². The van der Waals surface area contributed by atoms with Crippen molar-refractivity contribution in [1.29, 1.82) is 0 Å². The summed E-state index contributed by atoms with van der Waals surface area (Å²) >= 11 is 0. The number of hydrogen-bond acceptors (Lipinski definition) is 4. The van der Waals surface area contributed by atoms with Crippen LogP contribution in [0.15, 0.2) is 18.2 Å². The van der Waals surface area contributed by atoms with E-state index >= 15 is 0 Å². The molecule has 0 radical (unpaired) electrons. The van der Waals surface area contributed by atoms with Crippen LogP contribution in [0.3, 0.4) is 0 Å². The molecule has 0 saturated carbocycles. The third-order valence-corrected chi connectivity index (χ3v) is 2.05. The van der Waals surface area contributed by atoms with Crippen molar-refractivity contribution >= 4 is 0 Å². The van der Waals surface area contributed by atoms with Crippen LogP contribution in [-0.2, 0) is 4.74 Å². The van der Waals surface area contributed by atoms with Crippen LogP contribution >= 0.6 is 0 Å². The second-order valence-corrected chi connectivity index (χ2v) is 3.55. The minimum atomic E-state index is -4.40. The number of ether oxygens (including phenoxy) is 3. The molecule has 0 bridgehead atoms. The van der Waals surface area contributed by atoms with Crippen LogP contribution in [0, 0.1) is 11.8 Å². The molecule has 1 N–H and O–H groups in total. The molecule has 1 rings (SSSR count). The number of rotatable bonds is 5. The summed E-state index contributed by atoms with van der Waals surface area (Å²) in [5, 5.41) is 8.65. The minimum Gasteiger partial charge on any atom is -0.497 e. The van der Waals surface area contributed by atoms with Gasteiger partial charge in [-0.1, -0.05) is 11.8 Å². The summed E-state index contributed by atoms with van der Waals surface area (Å²) in [6.07, 6.45) is -4.40. The summed E-state index contributed by atoms with van der Waals surface area (Å²) in [5.74, 6) is 5.79. The molecule has 0 atom stereocenters. The van der Waals surface area contributed by atoms with Gasteiger partial charge in [0.25, 0.3) is 0 Å². The Morgan fingerprint density at radius 3 is 2.65 bits per heavy atom. The number of hydrogen-bond donors (Lipinski definition) is 1. The molecule has 20 heavy (non-hydrogen) atoms. The molecule has 0 amide bonds. The Morgan fingerprint density at radius 1 is 1.30 bits per heavy atom. The van der Waals surface area contributed by atoms with Gasteiger partial charge in [0.15, 0.2) is 6.79 Å². The number of benzene rings is 1. The van der Waals surface area contributed by atoms with Gasteiger partial charge in [0, 0.05) is 0 Å². The quantitative estimate of drug-likeness (QED) is 0.511. The Kier molecular flexibility index (Phi) is 6.15. The molecule has 4 nitrogen and oxygen atoms in total. The minimum absolute atomic E-state index is 0.244. The number of alkyl halides is 3. The lowest BCUT2D eigenvalue weighted by atomic mass is 10.2. The average Bonchev–Trinajstić information content (AvgIpc) is 2.40. The van der Waals surface area contributed by atoms with E-state index in [4.69, 9.17) is 14.6 Å². The Balaban J connectivity index is 2.68. The van der Waals surface area contributed by atoms with Gasteiger partial charge in [-0.3, -0.25) is 0 Å². The zero-order chi connectivity index (χ0) is 15.0. The molecule has 1 aromatic rings. The van der Waals surface area contributed by atoms with E-state index in [2.05, 4.69) is 16.6 Å². The Morgan fingerprint density at radius 2 is 2.05 bits per heavy atom. The molecule has 110 valence electrons. The number of aliphatic hydroxyl groups is 1. The van der Waals surface area contributed by atoms with Crippen molar-refractivity contribution in [3.63, 3.8) is 0 Å². The molecule has 0 unspecified atom stereocenters. The van der Waals surface area contributed by atoms with Crippen molar-refractivity contribution in [3.8, 4) is 23.3 Å². The largest absolute Gasteiger partial charge is 0.497 e. The zero-order valence-corrected chi connectivity index (χ0v) is 10.7. The van der Waals surface area contributed by atoms with Gasteiger partial charge in [-0.15, -0.1) is 0 Å². The fourth-order valence-corrected chi connectivity index (χ4v) is 1.26. The predicted octanol–water partition coefficient (Wildman–Crippen LogP) is 1.95. The molecule has 0 aliphatic rings. The number of halogens is 3. The van der Waals surface area contributed by atoms with Crippen LogP contribution in [0.2, 0.25) is 0 Å². The second-order valence-electron chi connectivity index (χ2n) is 3.55. The normalized spacial score (nSPS) is 10.7. The van der Waals surface area contributed by atoms with Crippen LogP contribution < -0.4 is 9.47 Å². The standard InChI is InChI=1S/C13H13F3O4/c1-18-11-4-5-12(10(7-11)3-2-6-17)20-9-19-8-13(14,15)16/h4-5,7,17H,6,8-9H2,1H3. The van der Waals surface area contributed by atoms with Crippen molar-refractivity contribution in [1.82, 2.24) is 0 Å². The Labute approximate surface area is 114 Å². The Hall–Kier alpha value is -1.91. The SMILES string of the molecule is COc1ccc(OCOCC(F)(F)F)c(C#CCO)c1. The van der Waals surface area contributed by atoms with Gasteiger partial charge in [-0.25, -0.2) is 0 Å². The zero-order valence-electron chi connectivity index (χ0n) is 10.7. The molecule has 0 aliphatic heterocycles. The molecule has 0 spiro atoms. The van der Waals surface area contributed by atoms with Gasteiger partial charge in [-0.05, 0) is 18.2 Å². The first kappa shape index (κ1) is 16.1. The summed E-state index contributed by atoms with van der Waals surface area (Å²) in [6, 6.07) is 4.61. The molecular weight excluding hydrogens is 277 g/mol. The van der Waals surface area contributed by atoms with Crippen LogP contribution in [0.25, 0.3) is 0 Å². The van der Waals surface area contributed by atoms with E-state index in [9.17, 15) is 13.2 Å². The first-order valence-electron chi connectivity index (χ1n) is 5.51. The van der Waals surface area contributed by atoms with Gasteiger partial charge in [0.05, 0.1) is 12.7 Å². The summed E-state index contributed by atoms with van der Waals surface area (Å²) < 4.78 is 50.0. The van der Waals surface area contributed by atoms with Gasteiger partial charge < -0.3 is 19.3 Å². The van der Waals surface area contributed by atoms with E-state index in [0.29, 0.717) is 11.3 Å². The number of aliphatic hydroxyl groups excluding tert-OH is 1. The first-order chi connectivity index (χ1) is 9.46. The van der Waals surface area contributed by atoms with Gasteiger partial charge in [0.1, 0.15) is 24.7 Å². The van der Waals surface area contributed by atoms with E-state index in [-0.39, 0.29) is 12.4 Å². The lowest BCUT2D eigenvalue weighted by Gasteiger charge is -2.11. The predicted molar refractivity (Wildman–Crippen MR) is 64.5 cm³/mol. The monoisotopic (exact) mass is 290 g/mol. The highest BCUT2D eigenvalue weighted by Crippen LogP contribution is 2.23. The van der Waals surface area contributed by atoms with Crippen molar-refractivity contribution in [2.45, 2.75) is 6.18 Å². The first-order valence-corrected chi connectivity index (χ1v) is 5.51. The fourth-order valence-electron chi connectivity index (χ4n) is 1.26. The highest BCUT2D eigenvalue weighted by atomic mass is 19.4.